The van der Waals surface area contributed by atoms with Crippen molar-refractivity contribution in [1.29, 1.82) is 0 Å². The zero-order valence-electron chi connectivity index (χ0n) is 14.9. The Morgan fingerprint density at radius 1 is 1.11 bits per heavy atom. The fourth-order valence-electron chi connectivity index (χ4n) is 2.90. The van der Waals surface area contributed by atoms with Crippen LogP contribution in [0.2, 0.25) is 0 Å². The highest BCUT2D eigenvalue weighted by atomic mass is 32.2. The summed E-state index contributed by atoms with van der Waals surface area (Å²) >= 11 is 0. The van der Waals surface area contributed by atoms with Gasteiger partial charge >= 0.3 is 5.97 Å². The first kappa shape index (κ1) is 19.8. The molecule has 0 spiro atoms. The quantitative estimate of drug-likeness (QED) is 0.759. The van der Waals surface area contributed by atoms with Gasteiger partial charge < -0.3 is 14.7 Å². The van der Waals surface area contributed by atoms with Gasteiger partial charge in [-0.05, 0) is 36.4 Å². The summed E-state index contributed by atoms with van der Waals surface area (Å²) in [6.07, 6.45) is -0.698. The number of ether oxygens (including phenoxy) is 1. The number of hydrogen-bond acceptors (Lipinski definition) is 5. The third kappa shape index (κ3) is 4.87. The Balaban J connectivity index is 1.67. The number of carbonyl (C=O) groups excluding carboxylic acids is 1. The maximum atomic E-state index is 12.6. The predicted molar refractivity (Wildman–Crippen MR) is 102 cm³/mol. The summed E-state index contributed by atoms with van der Waals surface area (Å²) in [6, 6.07) is 14.1. The summed E-state index contributed by atoms with van der Waals surface area (Å²) in [5, 5.41) is 8.87. The van der Waals surface area contributed by atoms with Crippen molar-refractivity contribution in [3.63, 3.8) is 0 Å². The molecule has 3 rings (SSSR count). The first-order chi connectivity index (χ1) is 13.3. The third-order valence-corrected chi connectivity index (χ3v) is 5.66. The number of aliphatic carboxylic acids is 1. The molecule has 9 heteroatoms. The van der Waals surface area contributed by atoms with Crippen molar-refractivity contribution >= 4 is 27.6 Å². The highest BCUT2D eigenvalue weighted by molar-refractivity contribution is 7.92. The molecule has 1 aliphatic rings. The van der Waals surface area contributed by atoms with Crippen molar-refractivity contribution in [2.75, 3.05) is 24.4 Å². The Morgan fingerprint density at radius 3 is 2.43 bits per heavy atom. The van der Waals surface area contributed by atoms with Crippen LogP contribution >= 0.6 is 0 Å². The van der Waals surface area contributed by atoms with Crippen LogP contribution in [0.15, 0.2) is 59.5 Å². The molecule has 2 aromatic rings. The molecule has 1 amide bonds. The molecule has 2 N–H and O–H groups in total. The van der Waals surface area contributed by atoms with E-state index in [2.05, 4.69) is 4.72 Å². The van der Waals surface area contributed by atoms with Crippen LogP contribution in [-0.2, 0) is 19.6 Å². The molecule has 1 saturated heterocycles. The lowest BCUT2D eigenvalue weighted by molar-refractivity contribution is -0.141. The lowest BCUT2D eigenvalue weighted by Crippen LogP contribution is -2.46. The number of benzene rings is 2. The Bertz CT molecular complexity index is 944. The van der Waals surface area contributed by atoms with Crippen molar-refractivity contribution in [1.82, 2.24) is 4.90 Å². The molecule has 148 valence electrons. The number of carboxylic acid groups (broad SMARTS) is 1. The van der Waals surface area contributed by atoms with Gasteiger partial charge in [-0.3, -0.25) is 14.3 Å². The lowest BCUT2D eigenvalue weighted by Gasteiger charge is -2.32. The molecule has 2 aromatic carbocycles. The van der Waals surface area contributed by atoms with E-state index in [9.17, 15) is 18.0 Å². The second kappa shape index (κ2) is 8.41. The van der Waals surface area contributed by atoms with E-state index in [0.717, 1.165) is 0 Å². The number of carbonyl (C=O) groups is 2. The van der Waals surface area contributed by atoms with Crippen molar-refractivity contribution in [3.8, 4) is 0 Å². The molecule has 0 bridgehead atoms. The Morgan fingerprint density at radius 2 is 1.79 bits per heavy atom. The normalized spacial score (nSPS) is 17.1. The van der Waals surface area contributed by atoms with Gasteiger partial charge in [-0.25, -0.2) is 8.42 Å². The summed E-state index contributed by atoms with van der Waals surface area (Å²) in [6.45, 7) is 0.851. The molecule has 0 aliphatic carbocycles. The van der Waals surface area contributed by atoms with E-state index in [-0.39, 0.29) is 30.4 Å². The molecular formula is C19H20N2O6S. The molecule has 1 aliphatic heterocycles. The highest BCUT2D eigenvalue weighted by Crippen LogP contribution is 2.18. The fourth-order valence-corrected chi connectivity index (χ4v) is 3.98. The van der Waals surface area contributed by atoms with Crippen LogP contribution in [-0.4, -0.2) is 56.1 Å². The number of rotatable bonds is 6. The van der Waals surface area contributed by atoms with Crippen LogP contribution in [0.3, 0.4) is 0 Å². The number of nitrogens with one attached hydrogen (secondary N) is 1. The standard InChI is InChI=1S/C19H20N2O6S/c22-18(23)12-16-13-21(10-11-27-16)19(24)14-6-8-15(9-7-14)20-28(25,26)17-4-2-1-3-5-17/h1-9,16,20H,10-13H2,(H,22,23)/t16-/m1/s1. The second-order valence-electron chi connectivity index (χ2n) is 6.34. The average molecular weight is 404 g/mol. The summed E-state index contributed by atoms with van der Waals surface area (Å²) in [5.41, 5.74) is 0.727. The predicted octanol–water partition coefficient (Wildman–Crippen LogP) is 1.80. The van der Waals surface area contributed by atoms with Gasteiger partial charge in [0.05, 0.1) is 24.0 Å². The van der Waals surface area contributed by atoms with Gasteiger partial charge in [0.2, 0.25) is 0 Å². The Labute approximate surface area is 162 Å². The number of morpholine rings is 1. The zero-order valence-corrected chi connectivity index (χ0v) is 15.8. The van der Waals surface area contributed by atoms with E-state index >= 15 is 0 Å². The van der Waals surface area contributed by atoms with Crippen LogP contribution in [0, 0.1) is 0 Å². The van der Waals surface area contributed by atoms with E-state index < -0.39 is 22.1 Å². The smallest absolute Gasteiger partial charge is 0.306 e. The summed E-state index contributed by atoms with van der Waals surface area (Å²) in [4.78, 5) is 25.2. The molecule has 1 fully saturated rings. The minimum Gasteiger partial charge on any atom is -0.481 e. The fraction of sp³-hybridized carbons (Fsp3) is 0.263. The van der Waals surface area contributed by atoms with Gasteiger partial charge in [-0.2, -0.15) is 0 Å². The summed E-state index contributed by atoms with van der Waals surface area (Å²) < 4.78 is 32.5. The maximum Gasteiger partial charge on any atom is 0.306 e. The van der Waals surface area contributed by atoms with E-state index in [1.165, 1.54) is 36.4 Å². The average Bonchev–Trinajstić information content (AvgIpc) is 2.68. The SMILES string of the molecule is O=C(O)C[C@@H]1CN(C(=O)c2ccc(NS(=O)(=O)c3ccccc3)cc2)CCO1. The molecular weight excluding hydrogens is 384 g/mol. The monoisotopic (exact) mass is 404 g/mol. The van der Waals surface area contributed by atoms with Crippen LogP contribution in [0.25, 0.3) is 0 Å². The molecule has 0 unspecified atom stereocenters. The molecule has 1 heterocycles. The molecule has 0 saturated carbocycles. The van der Waals surface area contributed by atoms with Crippen molar-refractivity contribution < 1.29 is 27.9 Å². The van der Waals surface area contributed by atoms with Crippen LogP contribution in [0.1, 0.15) is 16.8 Å². The Kier molecular flexibility index (Phi) is 5.96. The van der Waals surface area contributed by atoms with Gasteiger partial charge in [0.1, 0.15) is 0 Å². The van der Waals surface area contributed by atoms with E-state index in [1.54, 1.807) is 23.1 Å². The topological polar surface area (TPSA) is 113 Å². The zero-order chi connectivity index (χ0) is 20.1. The van der Waals surface area contributed by atoms with E-state index in [4.69, 9.17) is 9.84 Å². The number of sulfonamides is 1. The van der Waals surface area contributed by atoms with Crippen molar-refractivity contribution in [3.05, 3.63) is 60.2 Å². The Hall–Kier alpha value is -2.91. The van der Waals surface area contributed by atoms with Gasteiger partial charge in [-0.15, -0.1) is 0 Å². The minimum absolute atomic E-state index is 0.146. The lowest BCUT2D eigenvalue weighted by atomic mass is 10.1. The summed E-state index contributed by atoms with van der Waals surface area (Å²) in [7, 11) is -3.70. The van der Waals surface area contributed by atoms with Crippen molar-refractivity contribution in [2.24, 2.45) is 0 Å². The number of amides is 1. The van der Waals surface area contributed by atoms with Crippen molar-refractivity contribution in [2.45, 2.75) is 17.4 Å². The van der Waals surface area contributed by atoms with E-state index in [0.29, 0.717) is 17.8 Å². The van der Waals surface area contributed by atoms with Crippen LogP contribution in [0.4, 0.5) is 5.69 Å². The third-order valence-electron chi connectivity index (χ3n) is 4.27. The van der Waals surface area contributed by atoms with Gasteiger partial charge in [0.25, 0.3) is 15.9 Å². The number of hydrogen-bond donors (Lipinski definition) is 2. The number of nitrogens with zero attached hydrogens (tertiary/aromatic N) is 1. The molecule has 1 atom stereocenters. The first-order valence-corrected chi connectivity index (χ1v) is 10.1. The van der Waals surface area contributed by atoms with Gasteiger partial charge in [0, 0.05) is 24.3 Å². The number of anilines is 1. The minimum atomic E-state index is -3.70. The van der Waals surface area contributed by atoms with Crippen LogP contribution < -0.4 is 4.72 Å². The van der Waals surface area contributed by atoms with E-state index in [1.807, 2.05) is 0 Å². The second-order valence-corrected chi connectivity index (χ2v) is 8.02. The molecule has 0 aromatic heterocycles. The molecule has 28 heavy (non-hydrogen) atoms. The number of carboxylic acids is 1. The van der Waals surface area contributed by atoms with Crippen LogP contribution in [0.5, 0.6) is 0 Å². The largest absolute Gasteiger partial charge is 0.481 e. The highest BCUT2D eigenvalue weighted by Gasteiger charge is 2.26. The summed E-state index contributed by atoms with van der Waals surface area (Å²) in [5.74, 6) is -1.23. The van der Waals surface area contributed by atoms with Gasteiger partial charge in [0.15, 0.2) is 0 Å². The van der Waals surface area contributed by atoms with Gasteiger partial charge in [-0.1, -0.05) is 18.2 Å². The molecule has 8 nitrogen and oxygen atoms in total. The maximum absolute atomic E-state index is 12.6. The first-order valence-electron chi connectivity index (χ1n) is 8.66. The molecule has 0 radical (unpaired) electrons.